The van der Waals surface area contributed by atoms with Gasteiger partial charge in [-0.25, -0.2) is 0 Å². The van der Waals surface area contributed by atoms with Crippen molar-refractivity contribution >= 4 is 17.3 Å². The fraction of sp³-hybridized carbons (Fsp3) is 0.0667. The van der Waals surface area contributed by atoms with Crippen LogP contribution in [-0.2, 0) is 0 Å². The molecule has 2 aromatic rings. The van der Waals surface area contributed by atoms with E-state index in [0.29, 0.717) is 16.5 Å². The normalized spacial score (nSPS) is 9.44. The number of hydrogen-bond donors (Lipinski definition) is 1. The lowest BCUT2D eigenvalue weighted by molar-refractivity contribution is 0.415. The topological polar surface area (TPSA) is 35.2 Å². The molecule has 18 heavy (non-hydrogen) atoms. The number of benzene rings is 2. The van der Waals surface area contributed by atoms with Gasteiger partial charge in [-0.2, -0.15) is 0 Å². The first-order valence-electron chi connectivity index (χ1n) is 5.40. The molecule has 0 radical (unpaired) electrons. The van der Waals surface area contributed by atoms with Crippen LogP contribution in [0, 0.1) is 11.8 Å². The third kappa shape index (κ3) is 2.97. The summed E-state index contributed by atoms with van der Waals surface area (Å²) < 4.78 is 5.08. The second-order valence-corrected chi connectivity index (χ2v) is 4.13. The molecule has 0 unspecified atom stereocenters. The van der Waals surface area contributed by atoms with Crippen molar-refractivity contribution in [2.24, 2.45) is 0 Å². The molecule has 0 bridgehead atoms. The summed E-state index contributed by atoms with van der Waals surface area (Å²) in [7, 11) is 1.58. The fourth-order valence-electron chi connectivity index (χ4n) is 1.50. The molecular weight excluding hydrogens is 246 g/mol. The van der Waals surface area contributed by atoms with Crippen LogP contribution in [0.2, 0.25) is 5.02 Å². The molecule has 2 aromatic carbocycles. The molecule has 90 valence electrons. The standard InChI is InChI=1S/C15H12ClNO/c1-18-15-8-7-12(10-14(15)16)6-5-11-3-2-4-13(17)9-11/h2-4,7-10H,17H2,1H3. The zero-order valence-corrected chi connectivity index (χ0v) is 10.7. The van der Waals surface area contributed by atoms with E-state index >= 15 is 0 Å². The van der Waals surface area contributed by atoms with E-state index in [9.17, 15) is 0 Å². The van der Waals surface area contributed by atoms with Crippen molar-refractivity contribution in [3.05, 3.63) is 58.6 Å². The lowest BCUT2D eigenvalue weighted by Gasteiger charge is -2.01. The molecule has 0 heterocycles. The Balaban J connectivity index is 2.27. The van der Waals surface area contributed by atoms with Crippen LogP contribution in [0.3, 0.4) is 0 Å². The number of methoxy groups -OCH3 is 1. The number of ether oxygens (including phenoxy) is 1. The minimum Gasteiger partial charge on any atom is -0.495 e. The zero-order chi connectivity index (χ0) is 13.0. The van der Waals surface area contributed by atoms with E-state index in [0.717, 1.165) is 11.1 Å². The average molecular weight is 258 g/mol. The van der Waals surface area contributed by atoms with Crippen molar-refractivity contribution in [3.8, 4) is 17.6 Å². The molecule has 2 nitrogen and oxygen atoms in total. The van der Waals surface area contributed by atoms with Gasteiger partial charge in [-0.3, -0.25) is 0 Å². The first-order valence-corrected chi connectivity index (χ1v) is 5.78. The molecule has 0 aliphatic carbocycles. The molecular formula is C15H12ClNO. The van der Waals surface area contributed by atoms with Crippen molar-refractivity contribution in [2.45, 2.75) is 0 Å². The van der Waals surface area contributed by atoms with Gasteiger partial charge in [-0.1, -0.05) is 29.5 Å². The van der Waals surface area contributed by atoms with Crippen molar-refractivity contribution < 1.29 is 4.74 Å². The first kappa shape index (κ1) is 12.3. The van der Waals surface area contributed by atoms with Crippen molar-refractivity contribution in [1.29, 1.82) is 0 Å². The summed E-state index contributed by atoms with van der Waals surface area (Å²) >= 11 is 6.02. The first-order chi connectivity index (χ1) is 8.69. The van der Waals surface area contributed by atoms with Gasteiger partial charge in [0.2, 0.25) is 0 Å². The van der Waals surface area contributed by atoms with Gasteiger partial charge in [0, 0.05) is 16.8 Å². The van der Waals surface area contributed by atoms with E-state index in [-0.39, 0.29) is 0 Å². The minimum atomic E-state index is 0.553. The Bertz CT molecular complexity index is 626. The molecule has 3 heteroatoms. The fourth-order valence-corrected chi connectivity index (χ4v) is 1.76. The Labute approximate surface area is 111 Å². The second kappa shape index (κ2) is 5.48. The van der Waals surface area contributed by atoms with Crippen LogP contribution in [-0.4, -0.2) is 7.11 Å². The smallest absolute Gasteiger partial charge is 0.137 e. The molecule has 2 rings (SSSR count). The molecule has 0 aliphatic rings. The predicted molar refractivity (Wildman–Crippen MR) is 74.8 cm³/mol. The lowest BCUT2D eigenvalue weighted by atomic mass is 10.1. The zero-order valence-electron chi connectivity index (χ0n) is 9.91. The number of nitrogens with two attached hydrogens (primary N) is 1. The van der Waals surface area contributed by atoms with E-state index in [1.807, 2.05) is 30.3 Å². The molecule has 0 fully saturated rings. The molecule has 0 amide bonds. The Morgan fingerprint density at radius 1 is 1.06 bits per heavy atom. The number of hydrogen-bond acceptors (Lipinski definition) is 2. The molecule has 0 aliphatic heterocycles. The molecule has 0 atom stereocenters. The Morgan fingerprint density at radius 3 is 2.39 bits per heavy atom. The van der Waals surface area contributed by atoms with Crippen LogP contribution in [0.4, 0.5) is 5.69 Å². The van der Waals surface area contributed by atoms with Gasteiger partial charge in [0.15, 0.2) is 0 Å². The number of nitrogen functional groups attached to an aromatic ring is 1. The van der Waals surface area contributed by atoms with Gasteiger partial charge in [0.1, 0.15) is 5.75 Å². The number of anilines is 1. The van der Waals surface area contributed by atoms with Gasteiger partial charge in [-0.05, 0) is 36.4 Å². The van der Waals surface area contributed by atoms with Crippen LogP contribution in [0.25, 0.3) is 0 Å². The van der Waals surface area contributed by atoms with E-state index < -0.39 is 0 Å². The van der Waals surface area contributed by atoms with Crippen LogP contribution >= 0.6 is 11.6 Å². The maximum atomic E-state index is 6.02. The van der Waals surface area contributed by atoms with Crippen LogP contribution < -0.4 is 10.5 Å². The van der Waals surface area contributed by atoms with E-state index in [1.165, 1.54) is 0 Å². The minimum absolute atomic E-state index is 0.553. The van der Waals surface area contributed by atoms with Crippen LogP contribution in [0.15, 0.2) is 42.5 Å². The Kier molecular flexibility index (Phi) is 3.76. The largest absolute Gasteiger partial charge is 0.495 e. The lowest BCUT2D eigenvalue weighted by Crippen LogP contribution is -1.85. The van der Waals surface area contributed by atoms with Crippen molar-refractivity contribution in [2.75, 3.05) is 12.8 Å². The van der Waals surface area contributed by atoms with Gasteiger partial charge in [-0.15, -0.1) is 0 Å². The summed E-state index contributed by atoms with van der Waals surface area (Å²) in [5.41, 5.74) is 8.10. The Morgan fingerprint density at radius 2 is 1.78 bits per heavy atom. The highest BCUT2D eigenvalue weighted by atomic mass is 35.5. The van der Waals surface area contributed by atoms with E-state index in [1.54, 1.807) is 19.2 Å². The van der Waals surface area contributed by atoms with Crippen LogP contribution in [0.1, 0.15) is 11.1 Å². The summed E-state index contributed by atoms with van der Waals surface area (Å²) in [5.74, 6) is 6.72. The maximum absolute atomic E-state index is 6.02. The van der Waals surface area contributed by atoms with Gasteiger partial charge in [0.05, 0.1) is 12.1 Å². The van der Waals surface area contributed by atoms with Gasteiger partial charge < -0.3 is 10.5 Å². The third-order valence-corrected chi connectivity index (χ3v) is 2.68. The van der Waals surface area contributed by atoms with Crippen molar-refractivity contribution in [3.63, 3.8) is 0 Å². The monoisotopic (exact) mass is 257 g/mol. The molecule has 0 saturated carbocycles. The van der Waals surface area contributed by atoms with E-state index in [2.05, 4.69) is 11.8 Å². The summed E-state index contributed by atoms with van der Waals surface area (Å²) in [6.45, 7) is 0. The highest BCUT2D eigenvalue weighted by Gasteiger charge is 1.99. The van der Waals surface area contributed by atoms with Crippen molar-refractivity contribution in [1.82, 2.24) is 0 Å². The highest BCUT2D eigenvalue weighted by molar-refractivity contribution is 6.32. The Hall–Kier alpha value is -2.11. The summed E-state index contributed by atoms with van der Waals surface area (Å²) in [6, 6.07) is 12.9. The molecule has 0 aromatic heterocycles. The summed E-state index contributed by atoms with van der Waals surface area (Å²) in [6.07, 6.45) is 0. The summed E-state index contributed by atoms with van der Waals surface area (Å²) in [5, 5.41) is 0.553. The third-order valence-electron chi connectivity index (χ3n) is 2.39. The van der Waals surface area contributed by atoms with Gasteiger partial charge >= 0.3 is 0 Å². The number of halogens is 1. The summed E-state index contributed by atoms with van der Waals surface area (Å²) in [4.78, 5) is 0. The average Bonchev–Trinajstić information content (AvgIpc) is 2.37. The molecule has 2 N–H and O–H groups in total. The number of rotatable bonds is 1. The highest BCUT2D eigenvalue weighted by Crippen LogP contribution is 2.24. The predicted octanol–water partition coefficient (Wildman–Crippen LogP) is 3.33. The molecule has 0 saturated heterocycles. The van der Waals surface area contributed by atoms with Gasteiger partial charge in [0.25, 0.3) is 0 Å². The van der Waals surface area contributed by atoms with E-state index in [4.69, 9.17) is 22.1 Å². The maximum Gasteiger partial charge on any atom is 0.137 e. The second-order valence-electron chi connectivity index (χ2n) is 3.72. The quantitative estimate of drug-likeness (QED) is 0.628. The molecule has 0 spiro atoms. The van der Waals surface area contributed by atoms with Crippen LogP contribution in [0.5, 0.6) is 5.75 Å². The SMILES string of the molecule is COc1ccc(C#Cc2cccc(N)c2)cc1Cl.